The molecule has 0 radical (unpaired) electrons. The molecule has 0 atom stereocenters. The van der Waals surface area contributed by atoms with Crippen molar-refractivity contribution < 1.29 is 19.1 Å². The monoisotopic (exact) mass is 439 g/mol. The SMILES string of the molecule is COC(=O)c1ccc(NC(=O)CSc2nnc(-c3cccc(NC(C)=O)c3)n2C)cc1. The number of benzene rings is 2. The average molecular weight is 439 g/mol. The van der Waals surface area contributed by atoms with Crippen LogP contribution in [0, 0.1) is 0 Å². The van der Waals surface area contributed by atoms with Crippen LogP contribution in [0.4, 0.5) is 11.4 Å². The van der Waals surface area contributed by atoms with Gasteiger partial charge >= 0.3 is 5.97 Å². The first-order valence-corrected chi connectivity index (χ1v) is 10.2. The highest BCUT2D eigenvalue weighted by Gasteiger charge is 2.14. The number of rotatable bonds is 7. The van der Waals surface area contributed by atoms with E-state index in [2.05, 4.69) is 25.6 Å². The van der Waals surface area contributed by atoms with Crippen molar-refractivity contribution in [2.45, 2.75) is 12.1 Å². The minimum absolute atomic E-state index is 0.136. The van der Waals surface area contributed by atoms with Crippen LogP contribution < -0.4 is 10.6 Å². The minimum atomic E-state index is -0.436. The molecule has 0 saturated heterocycles. The lowest BCUT2D eigenvalue weighted by molar-refractivity contribution is -0.114. The first-order valence-electron chi connectivity index (χ1n) is 9.26. The largest absolute Gasteiger partial charge is 0.465 e. The molecule has 10 heteroatoms. The summed E-state index contributed by atoms with van der Waals surface area (Å²) in [5.74, 6) is -0.0515. The highest BCUT2D eigenvalue weighted by Crippen LogP contribution is 2.25. The van der Waals surface area contributed by atoms with Gasteiger partial charge in [-0.05, 0) is 36.4 Å². The number of carbonyl (C=O) groups is 3. The Balaban J connectivity index is 1.61. The number of esters is 1. The molecule has 0 aliphatic carbocycles. The molecule has 1 heterocycles. The van der Waals surface area contributed by atoms with E-state index in [4.69, 9.17) is 0 Å². The third-order valence-corrected chi connectivity index (χ3v) is 5.22. The van der Waals surface area contributed by atoms with Gasteiger partial charge in [0.05, 0.1) is 18.4 Å². The average Bonchev–Trinajstić information content (AvgIpc) is 3.12. The van der Waals surface area contributed by atoms with Crippen molar-refractivity contribution >= 4 is 40.9 Å². The van der Waals surface area contributed by atoms with E-state index in [9.17, 15) is 14.4 Å². The van der Waals surface area contributed by atoms with Gasteiger partial charge in [0.15, 0.2) is 11.0 Å². The Bertz CT molecular complexity index is 1110. The maximum absolute atomic E-state index is 12.3. The van der Waals surface area contributed by atoms with Crippen LogP contribution in [0.25, 0.3) is 11.4 Å². The number of anilines is 2. The lowest BCUT2D eigenvalue weighted by atomic mass is 10.2. The zero-order chi connectivity index (χ0) is 22.4. The van der Waals surface area contributed by atoms with Gasteiger partial charge in [0.25, 0.3) is 0 Å². The molecule has 2 N–H and O–H groups in total. The van der Waals surface area contributed by atoms with Crippen LogP contribution in [-0.2, 0) is 21.4 Å². The van der Waals surface area contributed by atoms with E-state index in [0.717, 1.165) is 5.56 Å². The summed E-state index contributed by atoms with van der Waals surface area (Å²) >= 11 is 1.25. The molecule has 1 aromatic heterocycles. The van der Waals surface area contributed by atoms with Crippen LogP contribution in [0.2, 0.25) is 0 Å². The van der Waals surface area contributed by atoms with E-state index in [1.807, 2.05) is 25.2 Å². The fraction of sp³-hybridized carbons (Fsp3) is 0.190. The number of methoxy groups -OCH3 is 1. The summed E-state index contributed by atoms with van der Waals surface area (Å²) in [5, 5.41) is 14.5. The summed E-state index contributed by atoms with van der Waals surface area (Å²) in [5.41, 5.74) is 2.44. The van der Waals surface area contributed by atoms with Gasteiger partial charge in [0, 0.05) is 30.9 Å². The van der Waals surface area contributed by atoms with Crippen LogP contribution >= 0.6 is 11.8 Å². The smallest absolute Gasteiger partial charge is 0.337 e. The number of nitrogens with zero attached hydrogens (tertiary/aromatic N) is 3. The Morgan fingerprint density at radius 1 is 1.03 bits per heavy atom. The number of hydrogen-bond donors (Lipinski definition) is 2. The van der Waals surface area contributed by atoms with Crippen molar-refractivity contribution in [3.63, 3.8) is 0 Å². The molecule has 0 aliphatic heterocycles. The molecule has 0 aliphatic rings. The zero-order valence-corrected chi connectivity index (χ0v) is 18.0. The normalized spacial score (nSPS) is 10.4. The summed E-state index contributed by atoms with van der Waals surface area (Å²) in [4.78, 5) is 35.0. The highest BCUT2D eigenvalue weighted by molar-refractivity contribution is 7.99. The molecule has 160 valence electrons. The van der Waals surface area contributed by atoms with Gasteiger partial charge in [-0.1, -0.05) is 23.9 Å². The molecule has 0 unspecified atom stereocenters. The van der Waals surface area contributed by atoms with Crippen molar-refractivity contribution in [1.29, 1.82) is 0 Å². The number of nitrogens with one attached hydrogen (secondary N) is 2. The van der Waals surface area contributed by atoms with Crippen LogP contribution in [0.1, 0.15) is 17.3 Å². The Labute approximate surface area is 183 Å². The van der Waals surface area contributed by atoms with E-state index in [-0.39, 0.29) is 17.6 Å². The van der Waals surface area contributed by atoms with E-state index in [0.29, 0.717) is 27.9 Å². The topological polar surface area (TPSA) is 115 Å². The van der Waals surface area contributed by atoms with Gasteiger partial charge in [0.2, 0.25) is 11.8 Å². The van der Waals surface area contributed by atoms with Crippen molar-refractivity contribution in [1.82, 2.24) is 14.8 Å². The van der Waals surface area contributed by atoms with Crippen LogP contribution in [0.15, 0.2) is 53.7 Å². The Morgan fingerprint density at radius 3 is 2.45 bits per heavy atom. The lowest BCUT2D eigenvalue weighted by Crippen LogP contribution is -2.14. The summed E-state index contributed by atoms with van der Waals surface area (Å²) in [6, 6.07) is 13.7. The first-order chi connectivity index (χ1) is 14.9. The van der Waals surface area contributed by atoms with E-state index >= 15 is 0 Å². The van der Waals surface area contributed by atoms with Gasteiger partial charge in [-0.2, -0.15) is 0 Å². The van der Waals surface area contributed by atoms with Crippen LogP contribution in [0.3, 0.4) is 0 Å². The zero-order valence-electron chi connectivity index (χ0n) is 17.2. The van der Waals surface area contributed by atoms with Crippen molar-refractivity contribution in [3.8, 4) is 11.4 Å². The number of ether oxygens (including phenoxy) is 1. The summed E-state index contributed by atoms with van der Waals surface area (Å²) < 4.78 is 6.44. The predicted octanol–water partition coefficient (Wildman–Crippen LogP) is 2.96. The lowest BCUT2D eigenvalue weighted by Gasteiger charge is -2.07. The van der Waals surface area contributed by atoms with Crippen molar-refractivity contribution in [2.75, 3.05) is 23.5 Å². The second-order valence-corrected chi connectivity index (χ2v) is 7.48. The van der Waals surface area contributed by atoms with Gasteiger partial charge in [0.1, 0.15) is 0 Å². The molecule has 0 bridgehead atoms. The standard InChI is InChI=1S/C21H21N5O4S/c1-13(27)22-17-6-4-5-15(11-17)19-24-25-21(26(19)2)31-12-18(28)23-16-9-7-14(8-10-16)20(29)30-3/h4-11H,12H2,1-3H3,(H,22,27)(H,23,28). The van der Waals surface area contributed by atoms with Gasteiger partial charge in [-0.25, -0.2) is 4.79 Å². The Kier molecular flexibility index (Phi) is 7.03. The number of amides is 2. The second-order valence-electron chi connectivity index (χ2n) is 6.53. The number of aromatic nitrogens is 3. The van der Waals surface area contributed by atoms with E-state index in [1.54, 1.807) is 34.9 Å². The van der Waals surface area contributed by atoms with Crippen LogP contribution in [0.5, 0.6) is 0 Å². The molecule has 9 nitrogen and oxygen atoms in total. The number of hydrogen-bond acceptors (Lipinski definition) is 7. The van der Waals surface area contributed by atoms with E-state index in [1.165, 1.54) is 25.8 Å². The fourth-order valence-electron chi connectivity index (χ4n) is 2.77. The third-order valence-electron chi connectivity index (χ3n) is 4.20. The molecule has 0 fully saturated rings. The fourth-order valence-corrected chi connectivity index (χ4v) is 3.48. The third kappa shape index (κ3) is 5.70. The number of thioether (sulfide) groups is 1. The summed E-state index contributed by atoms with van der Waals surface area (Å²) in [6.07, 6.45) is 0. The van der Waals surface area contributed by atoms with Crippen molar-refractivity contribution in [3.05, 3.63) is 54.1 Å². The minimum Gasteiger partial charge on any atom is -0.465 e. The van der Waals surface area contributed by atoms with Crippen LogP contribution in [-0.4, -0.2) is 45.4 Å². The Hall–Kier alpha value is -3.66. The van der Waals surface area contributed by atoms with Crippen molar-refractivity contribution in [2.24, 2.45) is 7.05 Å². The quantitative estimate of drug-likeness (QED) is 0.430. The summed E-state index contributed by atoms with van der Waals surface area (Å²) in [6.45, 7) is 1.45. The number of carbonyl (C=O) groups excluding carboxylic acids is 3. The molecule has 0 saturated carbocycles. The molecular formula is C21H21N5O4S. The van der Waals surface area contributed by atoms with E-state index < -0.39 is 5.97 Å². The molecular weight excluding hydrogens is 418 g/mol. The first kappa shape index (κ1) is 22.0. The highest BCUT2D eigenvalue weighted by atomic mass is 32.2. The molecule has 2 amide bonds. The predicted molar refractivity (Wildman–Crippen MR) is 118 cm³/mol. The Morgan fingerprint density at radius 2 is 1.77 bits per heavy atom. The summed E-state index contributed by atoms with van der Waals surface area (Å²) in [7, 11) is 3.12. The molecule has 2 aromatic carbocycles. The maximum atomic E-state index is 12.3. The second kappa shape index (κ2) is 9.90. The molecule has 0 spiro atoms. The molecule has 3 rings (SSSR count). The van der Waals surface area contributed by atoms with Gasteiger partial charge in [-0.15, -0.1) is 10.2 Å². The molecule has 31 heavy (non-hydrogen) atoms. The van der Waals surface area contributed by atoms with Gasteiger partial charge in [-0.3, -0.25) is 9.59 Å². The molecule has 3 aromatic rings. The maximum Gasteiger partial charge on any atom is 0.337 e. The van der Waals surface area contributed by atoms with Gasteiger partial charge < -0.3 is 19.9 Å².